The molecule has 4 nitrogen and oxygen atoms in total. The Morgan fingerprint density at radius 2 is 1.90 bits per heavy atom. The third-order valence-corrected chi connectivity index (χ3v) is 4.95. The van der Waals surface area contributed by atoms with Crippen molar-refractivity contribution in [3.63, 3.8) is 0 Å². The van der Waals surface area contributed by atoms with Crippen LogP contribution in [0.5, 0.6) is 0 Å². The minimum Gasteiger partial charge on any atom is -0.460 e. The number of carbonyl (C=O) groups excluding carboxylic acids is 1. The van der Waals surface area contributed by atoms with Crippen molar-refractivity contribution in [2.24, 2.45) is 0 Å². The summed E-state index contributed by atoms with van der Waals surface area (Å²) in [4.78, 5) is 16.7. The molecule has 0 spiro atoms. The van der Waals surface area contributed by atoms with Gasteiger partial charge in [0, 0.05) is 11.4 Å². The van der Waals surface area contributed by atoms with Gasteiger partial charge in [0.05, 0.1) is 18.2 Å². The lowest BCUT2D eigenvalue weighted by Gasteiger charge is -2.30. The number of hydrogen-bond acceptors (Lipinski definition) is 4. The molecular formula is C25H36N2O2. The van der Waals surface area contributed by atoms with E-state index in [-0.39, 0.29) is 18.6 Å². The van der Waals surface area contributed by atoms with Gasteiger partial charge in [-0.2, -0.15) is 0 Å². The van der Waals surface area contributed by atoms with Crippen LogP contribution in [0.1, 0.15) is 34.6 Å². The van der Waals surface area contributed by atoms with E-state index < -0.39 is 0 Å². The van der Waals surface area contributed by atoms with Crippen molar-refractivity contribution in [1.29, 1.82) is 0 Å². The van der Waals surface area contributed by atoms with Gasteiger partial charge in [-0.1, -0.05) is 57.9 Å². The molecule has 0 aromatic rings. The van der Waals surface area contributed by atoms with E-state index in [2.05, 4.69) is 38.5 Å². The standard InChI is InChI=1S/C25H36N2O2/c1-9-12-13-20(6)22(8)27(19(4)5)16-17-29-25(28)23-14-15-24(21(7)18-23)26(10-2)11-3/h9,12-15,18,24H,4,7-8,10-11,16-17H2,1-3,5-6H3/b12-9-,20-13-. The zero-order valence-electron chi connectivity index (χ0n) is 18.7. The summed E-state index contributed by atoms with van der Waals surface area (Å²) in [6.07, 6.45) is 11.6. The van der Waals surface area contributed by atoms with E-state index >= 15 is 0 Å². The van der Waals surface area contributed by atoms with Crippen LogP contribution in [0.4, 0.5) is 0 Å². The second-order valence-electron chi connectivity index (χ2n) is 7.04. The number of nitrogens with zero attached hydrogens (tertiary/aromatic N) is 2. The smallest absolute Gasteiger partial charge is 0.338 e. The van der Waals surface area contributed by atoms with E-state index in [0.717, 1.165) is 35.6 Å². The van der Waals surface area contributed by atoms with Crippen molar-refractivity contribution < 1.29 is 9.53 Å². The van der Waals surface area contributed by atoms with Gasteiger partial charge in [-0.25, -0.2) is 4.79 Å². The minimum atomic E-state index is -0.339. The first-order valence-electron chi connectivity index (χ1n) is 10.2. The summed E-state index contributed by atoms with van der Waals surface area (Å²) in [5, 5.41) is 0. The van der Waals surface area contributed by atoms with Crippen LogP contribution >= 0.6 is 0 Å². The fourth-order valence-electron chi connectivity index (χ4n) is 3.17. The molecule has 4 heteroatoms. The number of allylic oxidation sites excluding steroid dienone is 5. The van der Waals surface area contributed by atoms with Crippen molar-refractivity contribution in [2.75, 3.05) is 26.2 Å². The van der Waals surface area contributed by atoms with Gasteiger partial charge in [0.2, 0.25) is 0 Å². The highest BCUT2D eigenvalue weighted by molar-refractivity contribution is 5.92. The first kappa shape index (κ1) is 24.4. The molecule has 1 atom stereocenters. The zero-order chi connectivity index (χ0) is 22.0. The molecule has 1 aliphatic rings. The zero-order valence-corrected chi connectivity index (χ0v) is 18.7. The van der Waals surface area contributed by atoms with Gasteiger partial charge < -0.3 is 9.64 Å². The molecule has 29 heavy (non-hydrogen) atoms. The molecule has 0 aromatic carbocycles. The monoisotopic (exact) mass is 396 g/mol. The van der Waals surface area contributed by atoms with E-state index in [4.69, 9.17) is 4.74 Å². The second kappa shape index (κ2) is 12.1. The van der Waals surface area contributed by atoms with Gasteiger partial charge in [-0.05, 0) is 57.2 Å². The molecule has 0 saturated carbocycles. The summed E-state index contributed by atoms with van der Waals surface area (Å²) in [5.74, 6) is -0.339. The second-order valence-corrected chi connectivity index (χ2v) is 7.04. The lowest BCUT2D eigenvalue weighted by molar-refractivity contribution is -0.138. The number of carbonyl (C=O) groups is 1. The molecule has 0 bridgehead atoms. The summed E-state index contributed by atoms with van der Waals surface area (Å²) in [7, 11) is 0. The van der Waals surface area contributed by atoms with Gasteiger partial charge in [0.15, 0.2) is 0 Å². The van der Waals surface area contributed by atoms with Gasteiger partial charge in [-0.3, -0.25) is 4.90 Å². The van der Waals surface area contributed by atoms with E-state index in [1.54, 1.807) is 0 Å². The first-order valence-corrected chi connectivity index (χ1v) is 10.2. The van der Waals surface area contributed by atoms with Crippen LogP contribution in [0, 0.1) is 0 Å². The summed E-state index contributed by atoms with van der Waals surface area (Å²) >= 11 is 0. The Balaban J connectivity index is 2.69. The Hall–Kier alpha value is -2.59. The highest BCUT2D eigenvalue weighted by Crippen LogP contribution is 2.21. The molecule has 0 saturated heterocycles. The highest BCUT2D eigenvalue weighted by Gasteiger charge is 2.21. The molecule has 0 aromatic heterocycles. The van der Waals surface area contributed by atoms with E-state index in [1.165, 1.54) is 0 Å². The van der Waals surface area contributed by atoms with Crippen LogP contribution in [-0.4, -0.2) is 48.1 Å². The normalized spacial score (nSPS) is 16.9. The molecule has 0 fully saturated rings. The van der Waals surface area contributed by atoms with Crippen LogP contribution in [0.2, 0.25) is 0 Å². The van der Waals surface area contributed by atoms with Crippen molar-refractivity contribution in [2.45, 2.75) is 40.7 Å². The molecular weight excluding hydrogens is 360 g/mol. The van der Waals surface area contributed by atoms with Gasteiger partial charge >= 0.3 is 5.97 Å². The maximum absolute atomic E-state index is 12.5. The van der Waals surface area contributed by atoms with Crippen molar-refractivity contribution in [3.05, 3.63) is 84.3 Å². The van der Waals surface area contributed by atoms with E-state index in [9.17, 15) is 4.79 Å². The fraction of sp³-hybridized carbons (Fsp3) is 0.400. The number of likely N-dealkylation sites (N-methyl/N-ethyl adjacent to an activating group) is 1. The van der Waals surface area contributed by atoms with Crippen molar-refractivity contribution in [3.8, 4) is 0 Å². The lowest BCUT2D eigenvalue weighted by atomic mass is 9.97. The quantitative estimate of drug-likeness (QED) is 0.356. The number of esters is 1. The van der Waals surface area contributed by atoms with Crippen LogP contribution in [-0.2, 0) is 9.53 Å². The lowest BCUT2D eigenvalue weighted by Crippen LogP contribution is -2.35. The summed E-state index contributed by atoms with van der Waals surface area (Å²) in [6.45, 7) is 25.0. The SMILES string of the molecule is C=C1C=C(C(=O)OCCN(C(=C)C)C(=C)/C(C)=C\C=C/C)C=CC1N(CC)CC. The molecule has 158 valence electrons. The number of ether oxygens (including phenoxy) is 1. The topological polar surface area (TPSA) is 32.8 Å². The average Bonchev–Trinajstić information content (AvgIpc) is 2.70. The molecule has 1 unspecified atom stereocenters. The molecule has 0 N–H and O–H groups in total. The number of rotatable bonds is 11. The highest BCUT2D eigenvalue weighted by atomic mass is 16.5. The molecule has 0 radical (unpaired) electrons. The molecule has 1 rings (SSSR count). The van der Waals surface area contributed by atoms with Crippen LogP contribution in [0.25, 0.3) is 0 Å². The Labute approximate surface area is 176 Å². The molecule has 0 aliphatic heterocycles. The largest absolute Gasteiger partial charge is 0.460 e. The summed E-state index contributed by atoms with van der Waals surface area (Å²) < 4.78 is 5.50. The first-order chi connectivity index (χ1) is 13.8. The van der Waals surface area contributed by atoms with Gasteiger partial charge in [0.25, 0.3) is 0 Å². The Morgan fingerprint density at radius 1 is 1.24 bits per heavy atom. The molecule has 0 amide bonds. The van der Waals surface area contributed by atoms with Crippen molar-refractivity contribution in [1.82, 2.24) is 9.80 Å². The van der Waals surface area contributed by atoms with Crippen LogP contribution < -0.4 is 0 Å². The number of hydrogen-bond donors (Lipinski definition) is 0. The van der Waals surface area contributed by atoms with E-state index in [0.29, 0.717) is 12.1 Å². The van der Waals surface area contributed by atoms with Crippen LogP contribution in [0.15, 0.2) is 84.3 Å². The summed E-state index contributed by atoms with van der Waals surface area (Å²) in [6, 6.07) is 0.135. The maximum atomic E-state index is 12.5. The minimum absolute atomic E-state index is 0.135. The van der Waals surface area contributed by atoms with Crippen molar-refractivity contribution >= 4 is 5.97 Å². The Bertz CT molecular complexity index is 749. The molecule has 0 heterocycles. The Kier molecular flexibility index (Phi) is 10.2. The van der Waals surface area contributed by atoms with E-state index in [1.807, 2.05) is 62.1 Å². The Morgan fingerprint density at radius 3 is 2.41 bits per heavy atom. The predicted octanol–water partition coefficient (Wildman–Crippen LogP) is 5.16. The maximum Gasteiger partial charge on any atom is 0.338 e. The van der Waals surface area contributed by atoms with Gasteiger partial charge in [0.1, 0.15) is 6.61 Å². The van der Waals surface area contributed by atoms with Crippen LogP contribution in [0.3, 0.4) is 0 Å². The third kappa shape index (κ3) is 7.06. The average molecular weight is 397 g/mol. The molecule has 1 aliphatic carbocycles. The summed E-state index contributed by atoms with van der Waals surface area (Å²) in [5.41, 5.74) is 4.17. The fourth-order valence-corrected chi connectivity index (χ4v) is 3.17. The third-order valence-electron chi connectivity index (χ3n) is 4.95. The van der Waals surface area contributed by atoms with Gasteiger partial charge in [-0.15, -0.1) is 0 Å². The predicted molar refractivity (Wildman–Crippen MR) is 123 cm³/mol.